The summed E-state index contributed by atoms with van der Waals surface area (Å²) in [5.41, 5.74) is 0. The number of aliphatic hydroxyl groups excluding tert-OH is 2. The molecular weight excluding hydrogens is 164 g/mol. The van der Waals surface area contributed by atoms with Crippen molar-refractivity contribution < 1.29 is 24.8 Å². The molecule has 0 aromatic rings. The lowest BCUT2D eigenvalue weighted by Crippen LogP contribution is -2.46. The first-order valence-electron chi connectivity index (χ1n) is 3.91. The second-order valence-electron chi connectivity index (χ2n) is 2.75. The van der Waals surface area contributed by atoms with Crippen molar-refractivity contribution in [2.45, 2.75) is 24.9 Å². The quantitative estimate of drug-likeness (QED) is 0.457. The minimum absolute atomic E-state index is 0.104. The van der Waals surface area contributed by atoms with Crippen LogP contribution >= 0.6 is 0 Å². The van der Waals surface area contributed by atoms with E-state index in [2.05, 4.69) is 0 Å². The van der Waals surface area contributed by atoms with Crippen molar-refractivity contribution in [2.24, 2.45) is 0 Å². The Morgan fingerprint density at radius 3 is 2.75 bits per heavy atom. The van der Waals surface area contributed by atoms with Crippen molar-refractivity contribution in [2.75, 3.05) is 19.8 Å². The van der Waals surface area contributed by atoms with Gasteiger partial charge in [0, 0.05) is 6.61 Å². The zero-order valence-corrected chi connectivity index (χ0v) is 6.93. The molecule has 3 atom stereocenters. The Hall–Kier alpha value is -0.200. The molecule has 0 aliphatic carbocycles. The molecule has 0 radical (unpaired) electrons. The summed E-state index contributed by atoms with van der Waals surface area (Å²) in [6, 6.07) is 0. The van der Waals surface area contributed by atoms with Crippen molar-refractivity contribution in [1.29, 1.82) is 0 Å². The number of hydrogen-bond donors (Lipinski definition) is 3. The van der Waals surface area contributed by atoms with E-state index in [9.17, 15) is 10.2 Å². The molecule has 1 heterocycles. The molecule has 72 valence electrons. The van der Waals surface area contributed by atoms with Gasteiger partial charge in [0.25, 0.3) is 0 Å². The van der Waals surface area contributed by atoms with Crippen LogP contribution in [0.4, 0.5) is 0 Å². The van der Waals surface area contributed by atoms with Gasteiger partial charge in [0.1, 0.15) is 18.8 Å². The first-order valence-corrected chi connectivity index (χ1v) is 3.91. The minimum Gasteiger partial charge on any atom is -0.394 e. The first-order chi connectivity index (χ1) is 5.64. The second-order valence-corrected chi connectivity index (χ2v) is 2.75. The van der Waals surface area contributed by atoms with Gasteiger partial charge >= 0.3 is 0 Å². The van der Waals surface area contributed by atoms with Gasteiger partial charge in [-0.15, -0.1) is 0 Å². The van der Waals surface area contributed by atoms with Crippen LogP contribution in [0.5, 0.6) is 0 Å². The van der Waals surface area contributed by atoms with Crippen LogP contribution < -0.4 is 0 Å². The smallest absolute Gasteiger partial charge is 0.218 e. The maximum Gasteiger partial charge on any atom is 0.218 e. The third-order valence-electron chi connectivity index (χ3n) is 1.89. The van der Waals surface area contributed by atoms with Gasteiger partial charge in [-0.05, 0) is 6.92 Å². The second kappa shape index (κ2) is 3.68. The number of aliphatic hydroxyl groups is 3. The fraction of sp³-hybridized carbons (Fsp3) is 1.00. The highest BCUT2D eigenvalue weighted by atomic mass is 16.7. The normalized spacial score (nSPS) is 42.0. The Morgan fingerprint density at radius 1 is 1.67 bits per heavy atom. The fourth-order valence-electron chi connectivity index (χ4n) is 1.22. The van der Waals surface area contributed by atoms with Crippen LogP contribution in [0.15, 0.2) is 0 Å². The molecule has 1 rings (SSSR count). The molecule has 12 heavy (non-hydrogen) atoms. The van der Waals surface area contributed by atoms with Crippen LogP contribution in [0.3, 0.4) is 0 Å². The zero-order valence-electron chi connectivity index (χ0n) is 6.93. The number of ether oxygens (including phenoxy) is 2. The molecular formula is C7H14O5. The van der Waals surface area contributed by atoms with Gasteiger partial charge in [-0.1, -0.05) is 0 Å². The minimum atomic E-state index is -1.65. The molecule has 5 heteroatoms. The van der Waals surface area contributed by atoms with Crippen LogP contribution in [0.25, 0.3) is 0 Å². The number of rotatable bonds is 3. The topological polar surface area (TPSA) is 79.2 Å². The first kappa shape index (κ1) is 9.88. The molecule has 0 amide bonds. The summed E-state index contributed by atoms with van der Waals surface area (Å²) in [4.78, 5) is 0. The van der Waals surface area contributed by atoms with E-state index in [1.54, 1.807) is 6.92 Å². The molecule has 5 nitrogen and oxygen atoms in total. The molecule has 1 aliphatic rings. The predicted octanol–water partition coefficient (Wildman–Crippen LogP) is -1.54. The Labute approximate surface area is 70.5 Å². The van der Waals surface area contributed by atoms with Gasteiger partial charge in [-0.3, -0.25) is 0 Å². The molecule has 1 fully saturated rings. The lowest BCUT2D eigenvalue weighted by atomic mass is 10.1. The Morgan fingerprint density at radius 2 is 2.33 bits per heavy atom. The summed E-state index contributed by atoms with van der Waals surface area (Å²) in [5.74, 6) is -1.65. The molecule has 1 saturated heterocycles. The summed E-state index contributed by atoms with van der Waals surface area (Å²) >= 11 is 0. The molecule has 3 N–H and O–H groups in total. The third-order valence-corrected chi connectivity index (χ3v) is 1.89. The molecule has 3 unspecified atom stereocenters. The molecule has 0 saturated carbocycles. The van der Waals surface area contributed by atoms with Gasteiger partial charge in [0.05, 0.1) is 6.61 Å². The Kier molecular flexibility index (Phi) is 3.03. The highest BCUT2D eigenvalue weighted by molar-refractivity contribution is 4.89. The van der Waals surface area contributed by atoms with E-state index >= 15 is 0 Å². The highest BCUT2D eigenvalue weighted by Gasteiger charge is 2.48. The van der Waals surface area contributed by atoms with Gasteiger partial charge in [-0.2, -0.15) is 0 Å². The molecule has 0 aromatic heterocycles. The van der Waals surface area contributed by atoms with Crippen molar-refractivity contribution >= 4 is 0 Å². The van der Waals surface area contributed by atoms with E-state index in [1.807, 2.05) is 0 Å². The summed E-state index contributed by atoms with van der Waals surface area (Å²) in [7, 11) is 0. The monoisotopic (exact) mass is 178 g/mol. The average molecular weight is 178 g/mol. The zero-order chi connectivity index (χ0) is 9.19. The summed E-state index contributed by atoms with van der Waals surface area (Å²) in [5, 5.41) is 27.6. The Balaban J connectivity index is 2.57. The predicted molar refractivity (Wildman–Crippen MR) is 39.4 cm³/mol. The van der Waals surface area contributed by atoms with Crippen LogP contribution in [-0.4, -0.2) is 53.1 Å². The van der Waals surface area contributed by atoms with Crippen LogP contribution in [0.2, 0.25) is 0 Å². The third kappa shape index (κ3) is 1.60. The lowest BCUT2D eigenvalue weighted by Gasteiger charge is -2.25. The van der Waals surface area contributed by atoms with E-state index in [4.69, 9.17) is 14.6 Å². The van der Waals surface area contributed by atoms with Crippen LogP contribution in [0, 0.1) is 0 Å². The van der Waals surface area contributed by atoms with Crippen molar-refractivity contribution in [3.8, 4) is 0 Å². The molecule has 0 bridgehead atoms. The summed E-state index contributed by atoms with van der Waals surface area (Å²) in [6.45, 7) is 1.57. The van der Waals surface area contributed by atoms with Gasteiger partial charge in [-0.25, -0.2) is 0 Å². The fourth-order valence-corrected chi connectivity index (χ4v) is 1.22. The SMILES string of the molecule is CCOC1(O)COC(CO)C1O. The van der Waals surface area contributed by atoms with Crippen LogP contribution in [-0.2, 0) is 9.47 Å². The van der Waals surface area contributed by atoms with E-state index in [0.29, 0.717) is 0 Å². The summed E-state index contributed by atoms with van der Waals surface area (Å²) in [6.07, 6.45) is -1.93. The van der Waals surface area contributed by atoms with E-state index in [1.165, 1.54) is 0 Å². The van der Waals surface area contributed by atoms with Gasteiger partial charge < -0.3 is 24.8 Å². The molecule has 0 aromatic carbocycles. The Bertz CT molecular complexity index is 151. The lowest BCUT2D eigenvalue weighted by molar-refractivity contribution is -0.237. The maximum atomic E-state index is 9.55. The summed E-state index contributed by atoms with van der Waals surface area (Å²) < 4.78 is 9.81. The van der Waals surface area contributed by atoms with E-state index in [0.717, 1.165) is 0 Å². The van der Waals surface area contributed by atoms with E-state index in [-0.39, 0.29) is 19.8 Å². The standard InChI is InChI=1S/C7H14O5/c1-2-12-7(10)4-11-5(3-8)6(7)9/h5-6,8-10H,2-4H2,1H3. The number of hydrogen-bond acceptors (Lipinski definition) is 5. The average Bonchev–Trinajstić information content (AvgIpc) is 2.30. The van der Waals surface area contributed by atoms with Gasteiger partial charge in [0.2, 0.25) is 5.79 Å². The maximum absolute atomic E-state index is 9.55. The molecule has 0 spiro atoms. The van der Waals surface area contributed by atoms with E-state index < -0.39 is 18.0 Å². The molecule has 1 aliphatic heterocycles. The van der Waals surface area contributed by atoms with Gasteiger partial charge in [0.15, 0.2) is 0 Å². The highest BCUT2D eigenvalue weighted by Crippen LogP contribution is 2.25. The largest absolute Gasteiger partial charge is 0.394 e. The van der Waals surface area contributed by atoms with Crippen LogP contribution in [0.1, 0.15) is 6.92 Å². The van der Waals surface area contributed by atoms with Crippen molar-refractivity contribution in [3.63, 3.8) is 0 Å². The van der Waals surface area contributed by atoms with Crippen molar-refractivity contribution in [3.05, 3.63) is 0 Å². The van der Waals surface area contributed by atoms with Crippen molar-refractivity contribution in [1.82, 2.24) is 0 Å².